The topological polar surface area (TPSA) is 46.5 Å². The van der Waals surface area contributed by atoms with Gasteiger partial charge in [-0.1, -0.05) is 0 Å². The molecule has 0 spiro atoms. The Hall–Kier alpha value is -0.990. The molecule has 3 nitrogen and oxygen atoms in total. The van der Waals surface area contributed by atoms with Crippen LogP contribution in [0.1, 0.15) is 6.92 Å². The Morgan fingerprint density at radius 3 is 2.29 bits per heavy atom. The predicted molar refractivity (Wildman–Crippen MR) is 23.5 cm³/mol. The summed E-state index contributed by atoms with van der Waals surface area (Å²) in [7, 11) is 0. The Morgan fingerprint density at radius 1 is 1.86 bits per heavy atom. The molecule has 0 bridgehead atoms. The van der Waals surface area contributed by atoms with Crippen LogP contribution >= 0.6 is 0 Å². The molecule has 7 heavy (non-hydrogen) atoms. The molecule has 0 heterocycles. The fourth-order valence-corrected chi connectivity index (χ4v) is 0.166. The lowest BCUT2D eigenvalue weighted by Crippen LogP contribution is -1.95. The number of hydrogen-bond donors (Lipinski definition) is 1. The molecule has 3 heteroatoms. The maximum atomic E-state index is 9.81. The summed E-state index contributed by atoms with van der Waals surface area (Å²) >= 11 is 0. The van der Waals surface area contributed by atoms with E-state index in [1.165, 1.54) is 6.92 Å². The first-order chi connectivity index (χ1) is 3.13. The summed E-state index contributed by atoms with van der Waals surface area (Å²) in [4.78, 5) is 9.81. The van der Waals surface area contributed by atoms with E-state index < -0.39 is 11.9 Å². The molecule has 40 valence electrons. The highest BCUT2D eigenvalue weighted by Gasteiger charge is 1.90. The standard InChI is InChI=1S/C4H6O3/c1-3(5)7-4(2)6/h5H,1H2,2H3. The van der Waals surface area contributed by atoms with Gasteiger partial charge in [0.2, 0.25) is 0 Å². The molecule has 0 saturated carbocycles. The van der Waals surface area contributed by atoms with Gasteiger partial charge >= 0.3 is 5.97 Å². The number of aliphatic hydroxyl groups excluding tert-OH is 1. The molecule has 0 radical (unpaired) electrons. The lowest BCUT2D eigenvalue weighted by molar-refractivity contribution is -0.140. The van der Waals surface area contributed by atoms with Crippen LogP contribution in [-0.4, -0.2) is 11.1 Å². The monoisotopic (exact) mass is 102 g/mol. The number of aliphatic hydroxyl groups is 1. The molecular weight excluding hydrogens is 96.0 g/mol. The first-order valence-electron chi connectivity index (χ1n) is 1.69. The van der Waals surface area contributed by atoms with Gasteiger partial charge in [0.05, 0.1) is 0 Å². The lowest BCUT2D eigenvalue weighted by atomic mass is 10.8. The minimum atomic E-state index is -0.562. The van der Waals surface area contributed by atoms with Gasteiger partial charge < -0.3 is 9.84 Å². The van der Waals surface area contributed by atoms with Crippen molar-refractivity contribution in [2.75, 3.05) is 0 Å². The van der Waals surface area contributed by atoms with E-state index in [0.717, 1.165) is 0 Å². The first-order valence-corrected chi connectivity index (χ1v) is 1.69. The minimum absolute atomic E-state index is 0.562. The van der Waals surface area contributed by atoms with Gasteiger partial charge in [-0.3, -0.25) is 4.79 Å². The van der Waals surface area contributed by atoms with Crippen LogP contribution in [-0.2, 0) is 9.53 Å². The molecule has 0 aromatic heterocycles. The van der Waals surface area contributed by atoms with Gasteiger partial charge in [0.25, 0.3) is 5.95 Å². The van der Waals surface area contributed by atoms with Crippen molar-refractivity contribution >= 4 is 5.97 Å². The number of carbonyl (C=O) groups is 1. The van der Waals surface area contributed by atoms with E-state index >= 15 is 0 Å². The van der Waals surface area contributed by atoms with Crippen LogP contribution in [0.25, 0.3) is 0 Å². The van der Waals surface area contributed by atoms with Crippen molar-refractivity contribution in [3.63, 3.8) is 0 Å². The van der Waals surface area contributed by atoms with Crippen molar-refractivity contribution in [1.29, 1.82) is 0 Å². The highest BCUT2D eigenvalue weighted by atomic mass is 16.6. The highest BCUT2D eigenvalue weighted by molar-refractivity contribution is 5.66. The summed E-state index contributed by atoms with van der Waals surface area (Å²) in [5.41, 5.74) is 0. The average Bonchev–Trinajstić information content (AvgIpc) is 1.27. The SMILES string of the molecule is C=C(O)OC(C)=O. The smallest absolute Gasteiger partial charge is 0.310 e. The Balaban J connectivity index is 3.32. The van der Waals surface area contributed by atoms with Gasteiger partial charge in [-0.25, -0.2) is 0 Å². The second-order valence-electron chi connectivity index (χ2n) is 0.987. The summed E-state index contributed by atoms with van der Waals surface area (Å²) in [6, 6.07) is 0. The van der Waals surface area contributed by atoms with Gasteiger partial charge in [-0.05, 0) is 6.58 Å². The van der Waals surface area contributed by atoms with E-state index in [0.29, 0.717) is 0 Å². The fourth-order valence-electron chi connectivity index (χ4n) is 0.166. The second kappa shape index (κ2) is 2.23. The van der Waals surface area contributed by atoms with E-state index in [9.17, 15) is 4.79 Å². The van der Waals surface area contributed by atoms with Gasteiger partial charge in [0.1, 0.15) is 0 Å². The zero-order valence-corrected chi connectivity index (χ0v) is 3.97. The molecule has 0 rings (SSSR count). The van der Waals surface area contributed by atoms with Crippen molar-refractivity contribution in [1.82, 2.24) is 0 Å². The maximum Gasteiger partial charge on any atom is 0.310 e. The zero-order valence-electron chi connectivity index (χ0n) is 3.97. The van der Waals surface area contributed by atoms with Crippen LogP contribution in [0.2, 0.25) is 0 Å². The van der Waals surface area contributed by atoms with E-state index in [1.54, 1.807) is 0 Å². The predicted octanol–water partition coefficient (Wildman–Crippen LogP) is 0.579. The third-order valence-electron chi connectivity index (χ3n) is 0.262. The second-order valence-corrected chi connectivity index (χ2v) is 0.987. The fraction of sp³-hybridized carbons (Fsp3) is 0.250. The molecular formula is C4H6O3. The molecule has 0 aromatic rings. The summed E-state index contributed by atoms with van der Waals surface area (Å²) in [5, 5.41) is 8.09. The number of rotatable bonds is 1. The molecule has 0 fully saturated rings. The summed E-state index contributed by atoms with van der Waals surface area (Å²) in [5.74, 6) is -1.12. The normalized spacial score (nSPS) is 7.57. The van der Waals surface area contributed by atoms with Crippen molar-refractivity contribution in [2.45, 2.75) is 6.92 Å². The summed E-state index contributed by atoms with van der Waals surface area (Å²) in [6.07, 6.45) is 0. The lowest BCUT2D eigenvalue weighted by Gasteiger charge is -1.91. The van der Waals surface area contributed by atoms with E-state index in [1.807, 2.05) is 0 Å². The van der Waals surface area contributed by atoms with Crippen LogP contribution in [0.5, 0.6) is 0 Å². The summed E-state index contributed by atoms with van der Waals surface area (Å²) < 4.78 is 3.97. The number of carbonyl (C=O) groups excluding carboxylic acids is 1. The molecule has 0 aromatic carbocycles. The number of esters is 1. The van der Waals surface area contributed by atoms with E-state index in [2.05, 4.69) is 11.3 Å². The quantitative estimate of drug-likeness (QED) is 0.389. The Bertz CT molecular complexity index is 83.1. The van der Waals surface area contributed by atoms with Gasteiger partial charge in [-0.2, -0.15) is 0 Å². The molecule has 0 aliphatic carbocycles. The Morgan fingerprint density at radius 2 is 2.29 bits per heavy atom. The third-order valence-corrected chi connectivity index (χ3v) is 0.262. The van der Waals surface area contributed by atoms with E-state index in [-0.39, 0.29) is 0 Å². The molecule has 1 N–H and O–H groups in total. The Labute approximate surface area is 41.2 Å². The van der Waals surface area contributed by atoms with E-state index in [4.69, 9.17) is 5.11 Å². The third kappa shape index (κ3) is 5.01. The van der Waals surface area contributed by atoms with Crippen LogP contribution in [0, 0.1) is 0 Å². The van der Waals surface area contributed by atoms with Crippen LogP contribution < -0.4 is 0 Å². The molecule has 0 aliphatic heterocycles. The molecule has 0 unspecified atom stereocenters. The molecule has 0 atom stereocenters. The number of ether oxygens (including phenoxy) is 1. The van der Waals surface area contributed by atoms with Crippen LogP contribution in [0.4, 0.5) is 0 Å². The Kier molecular flexibility index (Phi) is 1.91. The first kappa shape index (κ1) is 6.01. The van der Waals surface area contributed by atoms with Crippen molar-refractivity contribution in [2.24, 2.45) is 0 Å². The van der Waals surface area contributed by atoms with Crippen molar-refractivity contribution in [3.8, 4) is 0 Å². The molecule has 0 saturated heterocycles. The number of hydrogen-bond acceptors (Lipinski definition) is 3. The van der Waals surface area contributed by atoms with Crippen molar-refractivity contribution in [3.05, 3.63) is 12.5 Å². The average molecular weight is 102 g/mol. The van der Waals surface area contributed by atoms with Crippen LogP contribution in [0.15, 0.2) is 12.5 Å². The van der Waals surface area contributed by atoms with Gasteiger partial charge in [0, 0.05) is 6.92 Å². The van der Waals surface area contributed by atoms with Gasteiger partial charge in [0.15, 0.2) is 0 Å². The maximum absolute atomic E-state index is 9.81. The summed E-state index contributed by atoms with van der Waals surface area (Å²) in [6.45, 7) is 4.09. The van der Waals surface area contributed by atoms with Crippen molar-refractivity contribution < 1.29 is 14.6 Å². The molecule has 0 aliphatic rings. The highest BCUT2D eigenvalue weighted by Crippen LogP contribution is 1.83. The minimum Gasteiger partial charge on any atom is -0.481 e. The van der Waals surface area contributed by atoms with Crippen LogP contribution in [0.3, 0.4) is 0 Å². The molecule has 0 amide bonds. The van der Waals surface area contributed by atoms with Gasteiger partial charge in [-0.15, -0.1) is 0 Å². The largest absolute Gasteiger partial charge is 0.481 e. The zero-order chi connectivity index (χ0) is 5.86.